The Hall–Kier alpha value is -3.56. The number of pyridine rings is 1. The summed E-state index contributed by atoms with van der Waals surface area (Å²) < 4.78 is 5.83. The summed E-state index contributed by atoms with van der Waals surface area (Å²) in [4.78, 5) is 31.8. The van der Waals surface area contributed by atoms with Gasteiger partial charge in [-0.2, -0.15) is 0 Å². The number of ether oxygens (including phenoxy) is 1. The lowest BCUT2D eigenvalue weighted by Crippen LogP contribution is -2.44. The molecule has 3 N–H and O–H groups in total. The monoisotopic (exact) mass is 527 g/mol. The van der Waals surface area contributed by atoms with E-state index in [9.17, 15) is 4.79 Å². The molecule has 204 valence electrons. The standard InChI is InChI=1S/C30H37N7O2/c1-20-4-3-12-32-25(20)26-24(18-21-9-17-39-19-30(21)10-11-30)34-29(27(35-26)28(31)38)33-22-5-7-23(8-6-22)37-15-13-36(2)14-16-37/h3-8,12,21H,9-11,13-19H2,1-2H3,(H2,31,38)(H,33,34). The molecule has 9 nitrogen and oxygen atoms in total. The molecule has 39 heavy (non-hydrogen) atoms. The molecule has 9 heteroatoms. The molecule has 1 unspecified atom stereocenters. The minimum Gasteiger partial charge on any atom is -0.381 e. The predicted molar refractivity (Wildman–Crippen MR) is 152 cm³/mol. The molecule has 4 heterocycles. The van der Waals surface area contributed by atoms with Crippen LogP contribution in [0.25, 0.3) is 11.4 Å². The smallest absolute Gasteiger partial charge is 0.271 e. The number of hydrogen-bond donors (Lipinski definition) is 2. The second-order valence-corrected chi connectivity index (χ2v) is 11.3. The number of carbonyl (C=O) groups excluding carboxylic acids is 1. The second kappa shape index (κ2) is 10.5. The van der Waals surface area contributed by atoms with Crippen molar-refractivity contribution in [3.05, 3.63) is 59.5 Å². The van der Waals surface area contributed by atoms with Crippen LogP contribution in [0, 0.1) is 18.3 Å². The first-order valence-corrected chi connectivity index (χ1v) is 13.9. The Kier molecular flexibility index (Phi) is 6.95. The first-order valence-electron chi connectivity index (χ1n) is 13.9. The van der Waals surface area contributed by atoms with E-state index >= 15 is 0 Å². The average Bonchev–Trinajstić information content (AvgIpc) is 3.71. The Morgan fingerprint density at radius 1 is 1.10 bits per heavy atom. The fraction of sp³-hybridized carbons (Fsp3) is 0.467. The van der Waals surface area contributed by atoms with Crippen LogP contribution in [0.15, 0.2) is 42.6 Å². The molecule has 1 saturated carbocycles. The molecule has 3 aliphatic rings. The normalized spacial score (nSPS) is 20.7. The SMILES string of the molecule is Cc1cccnc1-c1nc(C(N)=O)c(Nc2ccc(N3CCN(C)CC3)cc2)nc1CC1CCOCC12CC2. The van der Waals surface area contributed by atoms with Gasteiger partial charge in [-0.25, -0.2) is 9.97 Å². The van der Waals surface area contributed by atoms with Gasteiger partial charge in [0.15, 0.2) is 11.5 Å². The highest BCUT2D eigenvalue weighted by Gasteiger charge is 2.51. The molecule has 2 aromatic heterocycles. The van der Waals surface area contributed by atoms with Crippen molar-refractivity contribution in [2.75, 3.05) is 56.7 Å². The predicted octanol–water partition coefficient (Wildman–Crippen LogP) is 3.80. The van der Waals surface area contributed by atoms with Gasteiger partial charge in [0.2, 0.25) is 0 Å². The van der Waals surface area contributed by atoms with Crippen LogP contribution in [0.3, 0.4) is 0 Å². The Morgan fingerprint density at radius 3 is 2.56 bits per heavy atom. The molecule has 0 bridgehead atoms. The van der Waals surface area contributed by atoms with Gasteiger partial charge < -0.3 is 25.6 Å². The van der Waals surface area contributed by atoms with Crippen LogP contribution in [0.4, 0.5) is 17.2 Å². The maximum Gasteiger partial charge on any atom is 0.271 e. The number of benzene rings is 1. The number of hydrogen-bond acceptors (Lipinski definition) is 8. The Morgan fingerprint density at radius 2 is 1.87 bits per heavy atom. The molecule has 1 amide bonds. The molecule has 0 radical (unpaired) electrons. The molecule has 1 aliphatic carbocycles. The summed E-state index contributed by atoms with van der Waals surface area (Å²) in [6.07, 6.45) is 5.89. The Bertz CT molecular complexity index is 1350. The quantitative estimate of drug-likeness (QED) is 0.478. The topological polar surface area (TPSA) is 110 Å². The summed E-state index contributed by atoms with van der Waals surface area (Å²) in [5, 5.41) is 3.35. The molecule has 3 fully saturated rings. The lowest BCUT2D eigenvalue weighted by Gasteiger charge is -2.34. The molecule has 1 aromatic carbocycles. The summed E-state index contributed by atoms with van der Waals surface area (Å²) in [6.45, 7) is 7.70. The highest BCUT2D eigenvalue weighted by atomic mass is 16.5. The van der Waals surface area contributed by atoms with E-state index in [1.165, 1.54) is 18.5 Å². The minimum atomic E-state index is -0.620. The number of rotatable bonds is 7. The summed E-state index contributed by atoms with van der Waals surface area (Å²) >= 11 is 0. The van der Waals surface area contributed by atoms with E-state index in [1.807, 2.05) is 31.2 Å². The van der Waals surface area contributed by atoms with Crippen LogP contribution >= 0.6 is 0 Å². The van der Waals surface area contributed by atoms with E-state index in [1.54, 1.807) is 6.20 Å². The van der Waals surface area contributed by atoms with Crippen molar-refractivity contribution in [3.63, 3.8) is 0 Å². The van der Waals surface area contributed by atoms with Gasteiger partial charge in [0.1, 0.15) is 5.69 Å². The van der Waals surface area contributed by atoms with E-state index in [0.29, 0.717) is 17.4 Å². The van der Waals surface area contributed by atoms with E-state index < -0.39 is 5.91 Å². The number of aromatic nitrogens is 3. The van der Waals surface area contributed by atoms with E-state index in [0.717, 1.165) is 74.9 Å². The Balaban J connectivity index is 1.34. The van der Waals surface area contributed by atoms with Gasteiger partial charge in [-0.05, 0) is 86.9 Å². The summed E-state index contributed by atoms with van der Waals surface area (Å²) in [5.74, 6) is 0.225. The van der Waals surface area contributed by atoms with Gasteiger partial charge in [-0.1, -0.05) is 6.07 Å². The molecular formula is C30H37N7O2. The zero-order chi connectivity index (χ0) is 27.0. The number of piperazine rings is 1. The number of nitrogens with two attached hydrogens (primary N) is 1. The molecule has 2 saturated heterocycles. The van der Waals surface area contributed by atoms with Crippen LogP contribution in [0.1, 0.15) is 41.0 Å². The highest BCUT2D eigenvalue weighted by Crippen LogP contribution is 2.56. The summed E-state index contributed by atoms with van der Waals surface area (Å²) in [7, 11) is 2.16. The zero-order valence-electron chi connectivity index (χ0n) is 22.8. The number of likely N-dealkylation sites (N-methyl/N-ethyl adjacent to an activating group) is 1. The van der Waals surface area contributed by atoms with E-state index in [4.69, 9.17) is 20.4 Å². The van der Waals surface area contributed by atoms with Crippen molar-refractivity contribution in [3.8, 4) is 11.4 Å². The minimum absolute atomic E-state index is 0.120. The van der Waals surface area contributed by atoms with Crippen molar-refractivity contribution in [1.29, 1.82) is 0 Å². The molecule has 2 aliphatic heterocycles. The summed E-state index contributed by atoms with van der Waals surface area (Å²) in [5.41, 5.74) is 11.4. The van der Waals surface area contributed by atoms with Crippen molar-refractivity contribution < 1.29 is 9.53 Å². The molecule has 6 rings (SSSR count). The lowest BCUT2D eigenvalue weighted by molar-refractivity contribution is 0.00308. The number of carbonyl (C=O) groups is 1. The maximum absolute atomic E-state index is 12.6. The van der Waals surface area contributed by atoms with E-state index in [2.05, 4.69) is 39.3 Å². The number of primary amides is 1. The van der Waals surface area contributed by atoms with Gasteiger partial charge in [0.05, 0.1) is 18.0 Å². The lowest BCUT2D eigenvalue weighted by atomic mass is 9.81. The number of nitrogens with zero attached hydrogens (tertiary/aromatic N) is 5. The van der Waals surface area contributed by atoms with Gasteiger partial charge in [-0.15, -0.1) is 0 Å². The largest absolute Gasteiger partial charge is 0.381 e. The molecule has 1 spiro atoms. The van der Waals surface area contributed by atoms with Crippen LogP contribution < -0.4 is 16.0 Å². The van der Waals surface area contributed by atoms with Crippen molar-refractivity contribution in [2.45, 2.75) is 32.6 Å². The van der Waals surface area contributed by atoms with Crippen molar-refractivity contribution in [2.24, 2.45) is 17.1 Å². The van der Waals surface area contributed by atoms with E-state index in [-0.39, 0.29) is 11.1 Å². The van der Waals surface area contributed by atoms with Gasteiger partial charge in [-0.3, -0.25) is 9.78 Å². The Labute approximate surface area is 229 Å². The van der Waals surface area contributed by atoms with Gasteiger partial charge in [0, 0.05) is 50.4 Å². The number of aryl methyl sites for hydroxylation is 1. The van der Waals surface area contributed by atoms with Gasteiger partial charge >= 0.3 is 0 Å². The second-order valence-electron chi connectivity index (χ2n) is 11.3. The van der Waals surface area contributed by atoms with Crippen LogP contribution in [-0.2, 0) is 11.2 Å². The van der Waals surface area contributed by atoms with Gasteiger partial charge in [0.25, 0.3) is 5.91 Å². The molecular weight excluding hydrogens is 490 g/mol. The third-order valence-corrected chi connectivity index (χ3v) is 8.63. The fourth-order valence-corrected chi connectivity index (χ4v) is 5.94. The number of anilines is 3. The molecule has 3 aromatic rings. The average molecular weight is 528 g/mol. The third kappa shape index (κ3) is 5.33. The number of nitrogens with one attached hydrogen (secondary N) is 1. The number of amides is 1. The van der Waals surface area contributed by atoms with Crippen molar-refractivity contribution >= 4 is 23.1 Å². The van der Waals surface area contributed by atoms with Crippen LogP contribution in [0.5, 0.6) is 0 Å². The van der Waals surface area contributed by atoms with Crippen LogP contribution in [-0.4, -0.2) is 72.2 Å². The fourth-order valence-electron chi connectivity index (χ4n) is 5.94. The summed E-state index contributed by atoms with van der Waals surface area (Å²) in [6, 6.07) is 12.2. The van der Waals surface area contributed by atoms with Crippen LogP contribution in [0.2, 0.25) is 0 Å². The zero-order valence-corrected chi connectivity index (χ0v) is 22.8. The first-order chi connectivity index (χ1) is 18.9. The van der Waals surface area contributed by atoms with Crippen molar-refractivity contribution in [1.82, 2.24) is 19.9 Å². The first kappa shape index (κ1) is 25.7. The highest BCUT2D eigenvalue weighted by molar-refractivity contribution is 5.97. The third-order valence-electron chi connectivity index (χ3n) is 8.63. The molecule has 1 atom stereocenters. The maximum atomic E-state index is 12.6.